The Labute approximate surface area is 120 Å². The van der Waals surface area contributed by atoms with Gasteiger partial charge in [0.2, 0.25) is 5.82 Å². The van der Waals surface area contributed by atoms with Gasteiger partial charge >= 0.3 is 5.97 Å². The maximum atomic E-state index is 11.1. The van der Waals surface area contributed by atoms with Gasteiger partial charge in [0.1, 0.15) is 5.82 Å². The molecule has 106 valence electrons. The number of hydrogen-bond donors (Lipinski definition) is 2. The van der Waals surface area contributed by atoms with Crippen molar-refractivity contribution in [3.05, 3.63) is 48.0 Å². The number of carboxylic acids is 1. The van der Waals surface area contributed by atoms with E-state index in [4.69, 9.17) is 5.11 Å². The number of aromatic nitrogens is 4. The zero-order chi connectivity index (χ0) is 14.8. The van der Waals surface area contributed by atoms with E-state index in [1.807, 2.05) is 31.4 Å². The minimum Gasteiger partial charge on any atom is -0.475 e. The first kappa shape index (κ1) is 13.0. The fraction of sp³-hybridized carbons (Fsp3) is 0.143. The molecule has 0 unspecified atom stereocenters. The third-order valence-electron chi connectivity index (χ3n) is 3.01. The predicted molar refractivity (Wildman–Crippen MR) is 77.0 cm³/mol. The molecule has 0 radical (unpaired) electrons. The highest BCUT2D eigenvalue weighted by molar-refractivity contribution is 5.93. The number of aromatic carboxylic acids is 1. The van der Waals surface area contributed by atoms with E-state index >= 15 is 0 Å². The van der Waals surface area contributed by atoms with Gasteiger partial charge in [-0.1, -0.05) is 12.1 Å². The molecule has 3 aromatic rings. The van der Waals surface area contributed by atoms with Crippen molar-refractivity contribution in [3.8, 4) is 0 Å². The maximum Gasteiger partial charge on any atom is 0.374 e. The lowest BCUT2D eigenvalue weighted by molar-refractivity contribution is 0.0684. The number of aryl methyl sites for hydroxylation is 1. The Kier molecular flexibility index (Phi) is 3.23. The molecule has 2 aromatic heterocycles. The Bertz CT molecular complexity index is 812. The molecule has 0 saturated heterocycles. The molecule has 0 aliphatic rings. The van der Waals surface area contributed by atoms with E-state index in [-0.39, 0.29) is 5.82 Å². The molecule has 0 amide bonds. The van der Waals surface area contributed by atoms with Crippen molar-refractivity contribution in [1.82, 2.24) is 19.7 Å². The lowest BCUT2D eigenvalue weighted by atomic mass is 10.2. The van der Waals surface area contributed by atoms with E-state index in [0.29, 0.717) is 17.9 Å². The quantitative estimate of drug-likeness (QED) is 0.756. The predicted octanol–water partition coefficient (Wildman–Crippen LogP) is 1.67. The smallest absolute Gasteiger partial charge is 0.374 e. The summed E-state index contributed by atoms with van der Waals surface area (Å²) in [4.78, 5) is 19.2. The van der Waals surface area contributed by atoms with Crippen molar-refractivity contribution in [1.29, 1.82) is 0 Å². The number of nitrogens with zero attached hydrogens (tertiary/aromatic N) is 4. The van der Waals surface area contributed by atoms with Crippen LogP contribution in [0.1, 0.15) is 16.2 Å². The van der Waals surface area contributed by atoms with Crippen molar-refractivity contribution in [2.45, 2.75) is 6.54 Å². The van der Waals surface area contributed by atoms with Crippen LogP contribution < -0.4 is 5.32 Å². The van der Waals surface area contributed by atoms with Crippen molar-refractivity contribution >= 4 is 22.7 Å². The van der Waals surface area contributed by atoms with Gasteiger partial charge in [-0.2, -0.15) is 5.10 Å². The summed E-state index contributed by atoms with van der Waals surface area (Å²) in [6, 6.07) is 7.29. The van der Waals surface area contributed by atoms with Gasteiger partial charge in [-0.15, -0.1) is 0 Å². The van der Waals surface area contributed by atoms with Crippen LogP contribution in [0.25, 0.3) is 10.9 Å². The van der Waals surface area contributed by atoms with Crippen LogP contribution in [-0.2, 0) is 13.6 Å². The third kappa shape index (κ3) is 2.66. The van der Waals surface area contributed by atoms with Gasteiger partial charge in [0, 0.05) is 30.7 Å². The Morgan fingerprint density at radius 1 is 1.33 bits per heavy atom. The zero-order valence-electron chi connectivity index (χ0n) is 11.3. The van der Waals surface area contributed by atoms with Gasteiger partial charge in [-0.05, 0) is 12.1 Å². The second kappa shape index (κ2) is 5.20. The van der Waals surface area contributed by atoms with E-state index < -0.39 is 5.97 Å². The SMILES string of the molecule is Cn1cc(CNc2nc(C(=O)O)nc3ccccc23)cn1. The van der Waals surface area contributed by atoms with E-state index in [0.717, 1.165) is 10.9 Å². The summed E-state index contributed by atoms with van der Waals surface area (Å²) in [6.45, 7) is 0.508. The Morgan fingerprint density at radius 2 is 2.14 bits per heavy atom. The zero-order valence-corrected chi connectivity index (χ0v) is 11.3. The number of rotatable bonds is 4. The maximum absolute atomic E-state index is 11.1. The molecule has 7 nitrogen and oxygen atoms in total. The standard InChI is InChI=1S/C14H13N5O2/c1-19-8-9(7-16-19)6-15-12-10-4-2-3-5-11(10)17-13(18-12)14(20)21/h2-5,7-8H,6H2,1H3,(H,20,21)(H,15,17,18). The first-order valence-electron chi connectivity index (χ1n) is 6.35. The minimum absolute atomic E-state index is 0.220. The van der Waals surface area contributed by atoms with Crippen molar-refractivity contribution in [3.63, 3.8) is 0 Å². The molecule has 2 heterocycles. The largest absolute Gasteiger partial charge is 0.475 e. The van der Waals surface area contributed by atoms with E-state index in [1.165, 1.54) is 0 Å². The number of anilines is 1. The van der Waals surface area contributed by atoms with Crippen LogP contribution in [0.4, 0.5) is 5.82 Å². The van der Waals surface area contributed by atoms with Gasteiger partial charge < -0.3 is 10.4 Å². The summed E-state index contributed by atoms with van der Waals surface area (Å²) < 4.78 is 1.71. The number of para-hydroxylation sites is 1. The van der Waals surface area contributed by atoms with Crippen LogP contribution in [0.5, 0.6) is 0 Å². The second-order valence-corrected chi connectivity index (χ2v) is 4.59. The Balaban J connectivity index is 1.97. The molecule has 0 aliphatic heterocycles. The molecule has 2 N–H and O–H groups in total. The van der Waals surface area contributed by atoms with Crippen LogP contribution >= 0.6 is 0 Å². The molecule has 0 saturated carbocycles. The molecule has 0 aliphatic carbocycles. The molecular weight excluding hydrogens is 270 g/mol. The summed E-state index contributed by atoms with van der Waals surface area (Å²) in [5, 5.41) is 17.1. The summed E-state index contributed by atoms with van der Waals surface area (Å²) in [7, 11) is 1.84. The Morgan fingerprint density at radius 3 is 2.86 bits per heavy atom. The highest BCUT2D eigenvalue weighted by Crippen LogP contribution is 2.20. The third-order valence-corrected chi connectivity index (χ3v) is 3.01. The first-order valence-corrected chi connectivity index (χ1v) is 6.35. The minimum atomic E-state index is -1.15. The Hall–Kier alpha value is -2.96. The molecule has 0 fully saturated rings. The van der Waals surface area contributed by atoms with Crippen molar-refractivity contribution in [2.75, 3.05) is 5.32 Å². The average molecular weight is 283 g/mol. The molecular formula is C14H13N5O2. The molecule has 0 atom stereocenters. The topological polar surface area (TPSA) is 92.9 Å². The lowest BCUT2D eigenvalue weighted by Crippen LogP contribution is -2.09. The lowest BCUT2D eigenvalue weighted by Gasteiger charge is -2.08. The molecule has 7 heteroatoms. The number of carboxylic acid groups (broad SMARTS) is 1. The van der Waals surface area contributed by atoms with Gasteiger partial charge in [0.05, 0.1) is 11.7 Å². The fourth-order valence-electron chi connectivity index (χ4n) is 2.06. The second-order valence-electron chi connectivity index (χ2n) is 4.59. The molecule has 1 aromatic carbocycles. The highest BCUT2D eigenvalue weighted by atomic mass is 16.4. The highest BCUT2D eigenvalue weighted by Gasteiger charge is 2.12. The van der Waals surface area contributed by atoms with Crippen molar-refractivity contribution in [2.24, 2.45) is 7.05 Å². The average Bonchev–Trinajstić information content (AvgIpc) is 2.90. The van der Waals surface area contributed by atoms with Gasteiger partial charge in [0.25, 0.3) is 0 Å². The monoisotopic (exact) mass is 283 g/mol. The van der Waals surface area contributed by atoms with Crippen LogP contribution in [0.15, 0.2) is 36.7 Å². The van der Waals surface area contributed by atoms with E-state index in [9.17, 15) is 4.79 Å². The van der Waals surface area contributed by atoms with E-state index in [2.05, 4.69) is 20.4 Å². The van der Waals surface area contributed by atoms with Crippen LogP contribution in [-0.4, -0.2) is 30.8 Å². The number of fused-ring (bicyclic) bond motifs is 1. The number of benzene rings is 1. The summed E-state index contributed by atoms with van der Waals surface area (Å²) in [5.74, 6) is -0.866. The first-order chi connectivity index (χ1) is 10.1. The summed E-state index contributed by atoms with van der Waals surface area (Å²) in [6.07, 6.45) is 3.63. The summed E-state index contributed by atoms with van der Waals surface area (Å²) >= 11 is 0. The molecule has 21 heavy (non-hydrogen) atoms. The van der Waals surface area contributed by atoms with Crippen molar-refractivity contribution < 1.29 is 9.90 Å². The summed E-state index contributed by atoms with van der Waals surface area (Å²) in [5.41, 5.74) is 1.58. The van der Waals surface area contributed by atoms with E-state index in [1.54, 1.807) is 16.9 Å². The fourth-order valence-corrected chi connectivity index (χ4v) is 2.06. The van der Waals surface area contributed by atoms with Crippen LogP contribution in [0.3, 0.4) is 0 Å². The van der Waals surface area contributed by atoms with Gasteiger partial charge in [-0.3, -0.25) is 4.68 Å². The normalized spacial score (nSPS) is 10.7. The number of hydrogen-bond acceptors (Lipinski definition) is 5. The molecule has 3 rings (SSSR count). The van der Waals surface area contributed by atoms with Crippen LogP contribution in [0, 0.1) is 0 Å². The van der Waals surface area contributed by atoms with Crippen LogP contribution in [0.2, 0.25) is 0 Å². The number of carbonyl (C=O) groups is 1. The molecule has 0 spiro atoms. The van der Waals surface area contributed by atoms with Gasteiger partial charge in [-0.25, -0.2) is 14.8 Å². The van der Waals surface area contributed by atoms with Gasteiger partial charge in [0.15, 0.2) is 0 Å². The number of nitrogens with one attached hydrogen (secondary N) is 1. The molecule has 0 bridgehead atoms.